The lowest BCUT2D eigenvalue weighted by atomic mass is 9.94. The van der Waals surface area contributed by atoms with E-state index in [4.69, 9.17) is 14.2 Å². The molecule has 7 nitrogen and oxygen atoms in total. The van der Waals surface area contributed by atoms with Crippen molar-refractivity contribution in [3.05, 3.63) is 107 Å². The Morgan fingerprint density at radius 3 is 2.22 bits per heavy atom. The van der Waals surface area contributed by atoms with Gasteiger partial charge in [-0.05, 0) is 42.7 Å². The van der Waals surface area contributed by atoms with Gasteiger partial charge in [0, 0.05) is 5.70 Å². The molecule has 0 bridgehead atoms. The summed E-state index contributed by atoms with van der Waals surface area (Å²) in [4.78, 5) is 27.6. The van der Waals surface area contributed by atoms with E-state index in [1.807, 2.05) is 73.7 Å². The number of methoxy groups -OCH3 is 1. The molecule has 4 rings (SSSR count). The molecule has 0 aliphatic carbocycles. The molecule has 0 radical (unpaired) electrons. The number of urea groups is 1. The lowest BCUT2D eigenvalue weighted by Gasteiger charge is -2.35. The van der Waals surface area contributed by atoms with Gasteiger partial charge in [-0.2, -0.15) is 0 Å². The Morgan fingerprint density at radius 2 is 1.58 bits per heavy atom. The van der Waals surface area contributed by atoms with E-state index in [0.29, 0.717) is 48.1 Å². The van der Waals surface area contributed by atoms with Gasteiger partial charge in [0.05, 0.1) is 31.9 Å². The molecule has 1 unspecified atom stereocenters. The van der Waals surface area contributed by atoms with Crippen LogP contribution in [0.1, 0.15) is 36.6 Å². The molecule has 1 atom stereocenters. The van der Waals surface area contributed by atoms with Crippen molar-refractivity contribution < 1.29 is 23.8 Å². The third-order valence-electron chi connectivity index (χ3n) is 6.02. The van der Waals surface area contributed by atoms with Crippen LogP contribution >= 0.6 is 0 Å². The summed E-state index contributed by atoms with van der Waals surface area (Å²) in [6.45, 7) is 4.82. The zero-order chi connectivity index (χ0) is 25.5. The Kier molecular flexibility index (Phi) is 7.90. The predicted octanol–water partition coefficient (Wildman–Crippen LogP) is 5.38. The van der Waals surface area contributed by atoms with Gasteiger partial charge in [-0.1, -0.05) is 66.7 Å². The van der Waals surface area contributed by atoms with Gasteiger partial charge in [-0.15, -0.1) is 0 Å². The van der Waals surface area contributed by atoms with E-state index in [0.717, 1.165) is 11.1 Å². The van der Waals surface area contributed by atoms with Gasteiger partial charge in [0.1, 0.15) is 6.61 Å². The molecule has 3 aromatic carbocycles. The van der Waals surface area contributed by atoms with Crippen LogP contribution in [0.25, 0.3) is 0 Å². The van der Waals surface area contributed by atoms with Crippen molar-refractivity contribution in [2.45, 2.75) is 33.0 Å². The molecule has 1 aliphatic heterocycles. The van der Waals surface area contributed by atoms with Crippen LogP contribution in [0.5, 0.6) is 11.5 Å². The van der Waals surface area contributed by atoms with Crippen LogP contribution in [-0.4, -0.2) is 30.6 Å². The monoisotopic (exact) mass is 486 g/mol. The van der Waals surface area contributed by atoms with E-state index >= 15 is 0 Å². The topological polar surface area (TPSA) is 77.1 Å². The van der Waals surface area contributed by atoms with Crippen molar-refractivity contribution in [2.24, 2.45) is 0 Å². The number of nitrogens with one attached hydrogen (secondary N) is 1. The summed E-state index contributed by atoms with van der Waals surface area (Å²) in [6, 6.07) is 23.9. The van der Waals surface area contributed by atoms with Crippen LogP contribution in [0.15, 0.2) is 90.1 Å². The molecule has 1 aliphatic rings. The fraction of sp³-hybridized carbons (Fsp3) is 0.241. The molecule has 0 fully saturated rings. The average Bonchev–Trinajstić information content (AvgIpc) is 2.91. The summed E-state index contributed by atoms with van der Waals surface area (Å²) in [5.41, 5.74) is 3.59. The maximum atomic E-state index is 13.2. The van der Waals surface area contributed by atoms with Gasteiger partial charge in [-0.25, -0.2) is 9.59 Å². The van der Waals surface area contributed by atoms with Gasteiger partial charge >= 0.3 is 12.0 Å². The zero-order valence-corrected chi connectivity index (χ0v) is 20.7. The molecule has 1 N–H and O–H groups in total. The third kappa shape index (κ3) is 5.51. The second-order valence-electron chi connectivity index (χ2n) is 8.36. The van der Waals surface area contributed by atoms with Crippen LogP contribution in [-0.2, 0) is 22.7 Å². The molecule has 186 valence electrons. The fourth-order valence-electron chi connectivity index (χ4n) is 4.19. The van der Waals surface area contributed by atoms with E-state index in [-0.39, 0.29) is 6.03 Å². The average molecular weight is 487 g/mol. The van der Waals surface area contributed by atoms with E-state index in [1.54, 1.807) is 24.0 Å². The third-order valence-corrected chi connectivity index (χ3v) is 6.02. The summed E-state index contributed by atoms with van der Waals surface area (Å²) in [7, 11) is 1.34. The number of carbonyl (C=O) groups is 2. The van der Waals surface area contributed by atoms with Gasteiger partial charge in [0.25, 0.3) is 0 Å². The highest BCUT2D eigenvalue weighted by atomic mass is 16.5. The molecule has 2 amide bonds. The number of allylic oxidation sites excluding steroid dienone is 1. The Hall–Kier alpha value is -4.26. The number of benzene rings is 3. The highest BCUT2D eigenvalue weighted by Crippen LogP contribution is 2.37. The second-order valence-corrected chi connectivity index (χ2v) is 8.36. The quantitative estimate of drug-likeness (QED) is 0.411. The van der Waals surface area contributed by atoms with Crippen LogP contribution in [0.4, 0.5) is 4.79 Å². The number of carbonyl (C=O) groups excluding carboxylic acids is 2. The van der Waals surface area contributed by atoms with Crippen molar-refractivity contribution in [3.8, 4) is 11.5 Å². The minimum absolute atomic E-state index is 0.295. The molecular weight excluding hydrogens is 456 g/mol. The van der Waals surface area contributed by atoms with Gasteiger partial charge in [-0.3, -0.25) is 4.90 Å². The van der Waals surface area contributed by atoms with E-state index in [9.17, 15) is 9.59 Å². The molecule has 36 heavy (non-hydrogen) atoms. The number of rotatable bonds is 9. The maximum Gasteiger partial charge on any atom is 0.337 e. The van der Waals surface area contributed by atoms with E-state index in [2.05, 4.69) is 5.32 Å². The fourth-order valence-corrected chi connectivity index (χ4v) is 4.19. The van der Waals surface area contributed by atoms with Crippen molar-refractivity contribution in [2.75, 3.05) is 13.7 Å². The number of ether oxygens (including phenoxy) is 3. The number of amides is 2. The molecular formula is C29H30N2O5. The summed E-state index contributed by atoms with van der Waals surface area (Å²) in [6.07, 6.45) is 0. The molecule has 3 aromatic rings. The summed E-state index contributed by atoms with van der Waals surface area (Å²) in [5, 5.41) is 2.98. The Balaban J connectivity index is 1.66. The van der Waals surface area contributed by atoms with Crippen molar-refractivity contribution >= 4 is 12.0 Å². The second kappa shape index (κ2) is 11.4. The molecule has 0 saturated heterocycles. The van der Waals surface area contributed by atoms with Crippen molar-refractivity contribution in [1.82, 2.24) is 10.2 Å². The van der Waals surface area contributed by atoms with Crippen LogP contribution in [0.3, 0.4) is 0 Å². The highest BCUT2D eigenvalue weighted by molar-refractivity contribution is 5.95. The first kappa shape index (κ1) is 24.9. The maximum absolute atomic E-state index is 13.2. The van der Waals surface area contributed by atoms with Crippen molar-refractivity contribution in [3.63, 3.8) is 0 Å². The molecule has 1 heterocycles. The van der Waals surface area contributed by atoms with Crippen LogP contribution < -0.4 is 14.8 Å². The first-order valence-electron chi connectivity index (χ1n) is 11.9. The first-order chi connectivity index (χ1) is 17.5. The summed E-state index contributed by atoms with van der Waals surface area (Å²) < 4.78 is 17.0. The lowest BCUT2D eigenvalue weighted by Crippen LogP contribution is -2.47. The number of nitrogens with zero attached hydrogens (tertiary/aromatic N) is 1. The standard InChI is InChI=1S/C29H30N2O5/c1-4-35-25-17-23(15-16-24(25)36-19-22-13-9-6-10-14-22)27-26(28(32)34-3)20(2)31(29(33)30-27)18-21-11-7-5-8-12-21/h5-17,27H,4,18-19H2,1-3H3,(H,30,33). The number of hydrogen-bond donors (Lipinski definition) is 1. The molecule has 7 heteroatoms. The van der Waals surface area contributed by atoms with Crippen molar-refractivity contribution in [1.29, 1.82) is 0 Å². The Labute approximate surface area is 211 Å². The number of esters is 1. The van der Waals surface area contributed by atoms with Gasteiger partial charge in [0.15, 0.2) is 11.5 Å². The van der Waals surface area contributed by atoms with E-state index < -0.39 is 12.0 Å². The van der Waals surface area contributed by atoms with Crippen LogP contribution in [0.2, 0.25) is 0 Å². The van der Waals surface area contributed by atoms with Gasteiger partial charge < -0.3 is 19.5 Å². The predicted molar refractivity (Wildman–Crippen MR) is 136 cm³/mol. The SMILES string of the molecule is CCOc1cc(C2NC(=O)N(Cc3ccccc3)C(C)=C2C(=O)OC)ccc1OCc1ccccc1. The highest BCUT2D eigenvalue weighted by Gasteiger charge is 2.36. The first-order valence-corrected chi connectivity index (χ1v) is 11.9. The Bertz CT molecular complexity index is 1240. The lowest BCUT2D eigenvalue weighted by molar-refractivity contribution is -0.136. The summed E-state index contributed by atoms with van der Waals surface area (Å²) >= 11 is 0. The zero-order valence-electron chi connectivity index (χ0n) is 20.7. The van der Waals surface area contributed by atoms with Gasteiger partial charge in [0.2, 0.25) is 0 Å². The largest absolute Gasteiger partial charge is 0.490 e. The minimum Gasteiger partial charge on any atom is -0.490 e. The Morgan fingerprint density at radius 1 is 0.917 bits per heavy atom. The van der Waals surface area contributed by atoms with Crippen LogP contribution in [0, 0.1) is 0 Å². The number of hydrogen-bond acceptors (Lipinski definition) is 5. The smallest absolute Gasteiger partial charge is 0.337 e. The minimum atomic E-state index is -0.695. The van der Waals surface area contributed by atoms with E-state index in [1.165, 1.54) is 7.11 Å². The summed E-state index contributed by atoms with van der Waals surface area (Å²) in [5.74, 6) is 0.615. The molecule has 0 saturated carbocycles. The molecule has 0 spiro atoms. The normalized spacial score (nSPS) is 15.4. The molecule has 0 aromatic heterocycles.